The molecule has 0 saturated carbocycles. The minimum atomic E-state index is -2.92. The highest BCUT2D eigenvalue weighted by Gasteiger charge is 2.31. The Hall–Kier alpha value is -1.41. The third-order valence-corrected chi connectivity index (χ3v) is 5.86. The first-order valence-electron chi connectivity index (χ1n) is 7.57. The van der Waals surface area contributed by atoms with Crippen molar-refractivity contribution in [3.63, 3.8) is 0 Å². The molecule has 8 heteroatoms. The first kappa shape index (κ1) is 17.0. The van der Waals surface area contributed by atoms with Crippen molar-refractivity contribution in [1.29, 1.82) is 0 Å². The maximum atomic E-state index is 12.4. The molecule has 0 aromatic carbocycles. The molecule has 2 heterocycles. The van der Waals surface area contributed by atoms with Crippen LogP contribution in [0.4, 0.5) is 0 Å². The van der Waals surface area contributed by atoms with E-state index in [9.17, 15) is 13.2 Å². The molecule has 2 rings (SSSR count). The monoisotopic (exact) mass is 328 g/mol. The predicted octanol–water partition coefficient (Wildman–Crippen LogP) is -0.149. The van der Waals surface area contributed by atoms with Gasteiger partial charge in [0.15, 0.2) is 9.84 Å². The summed E-state index contributed by atoms with van der Waals surface area (Å²) in [6.45, 7) is 4.10. The zero-order valence-electron chi connectivity index (χ0n) is 13.2. The van der Waals surface area contributed by atoms with Crippen molar-refractivity contribution in [2.24, 2.45) is 0 Å². The van der Waals surface area contributed by atoms with Gasteiger partial charge in [-0.1, -0.05) is 0 Å². The van der Waals surface area contributed by atoms with Gasteiger partial charge in [0, 0.05) is 31.5 Å². The van der Waals surface area contributed by atoms with E-state index in [0.29, 0.717) is 26.1 Å². The van der Waals surface area contributed by atoms with Gasteiger partial charge in [0.2, 0.25) is 5.91 Å². The van der Waals surface area contributed by atoms with Crippen LogP contribution < -0.4 is 0 Å². The first-order chi connectivity index (χ1) is 10.4. The number of carbonyl (C=O) groups excluding carboxylic acids is 1. The lowest BCUT2D eigenvalue weighted by atomic mass is 10.2. The van der Waals surface area contributed by atoms with Crippen LogP contribution in [0.3, 0.4) is 0 Å². The van der Waals surface area contributed by atoms with Crippen molar-refractivity contribution >= 4 is 15.7 Å². The molecule has 0 N–H and O–H groups in total. The highest BCUT2D eigenvalue weighted by Crippen LogP contribution is 2.16. The zero-order chi connectivity index (χ0) is 16.2. The van der Waals surface area contributed by atoms with Crippen LogP contribution >= 0.6 is 0 Å². The summed E-state index contributed by atoms with van der Waals surface area (Å²) in [6.07, 6.45) is 4.20. The number of sulfone groups is 1. The Morgan fingerprint density at radius 2 is 2.23 bits per heavy atom. The summed E-state index contributed by atoms with van der Waals surface area (Å²) >= 11 is 0. The summed E-state index contributed by atoms with van der Waals surface area (Å²) in [5.74, 6) is 0.421. The Labute approximate surface area is 131 Å². The summed E-state index contributed by atoms with van der Waals surface area (Å²) in [5.41, 5.74) is 0. The third-order valence-electron chi connectivity index (χ3n) is 4.11. The Kier molecular flexibility index (Phi) is 5.57. The SMILES string of the molecule is CCN(CCn1cccn1)C(=O)CN(C)C1CCS(=O)(=O)C1. The van der Waals surface area contributed by atoms with Gasteiger partial charge in [-0.3, -0.25) is 14.4 Å². The molecular weight excluding hydrogens is 304 g/mol. The fourth-order valence-corrected chi connectivity index (χ4v) is 4.49. The van der Waals surface area contributed by atoms with Gasteiger partial charge >= 0.3 is 0 Å². The molecular formula is C14H24N4O3S. The molecule has 7 nitrogen and oxygen atoms in total. The summed E-state index contributed by atoms with van der Waals surface area (Å²) in [4.78, 5) is 16.0. The van der Waals surface area contributed by atoms with Crippen molar-refractivity contribution < 1.29 is 13.2 Å². The van der Waals surface area contributed by atoms with Crippen LogP contribution in [0.15, 0.2) is 18.5 Å². The van der Waals surface area contributed by atoms with Gasteiger partial charge in [-0.05, 0) is 26.5 Å². The van der Waals surface area contributed by atoms with Gasteiger partial charge in [-0.2, -0.15) is 5.10 Å². The van der Waals surface area contributed by atoms with Crippen molar-refractivity contribution in [3.8, 4) is 0 Å². The van der Waals surface area contributed by atoms with Crippen LogP contribution in [0.1, 0.15) is 13.3 Å². The average molecular weight is 328 g/mol. The van der Waals surface area contributed by atoms with Gasteiger partial charge in [0.05, 0.1) is 24.6 Å². The van der Waals surface area contributed by atoms with Gasteiger partial charge in [0.1, 0.15) is 0 Å². The Morgan fingerprint density at radius 1 is 1.45 bits per heavy atom. The molecule has 1 aliphatic heterocycles. The molecule has 1 fully saturated rings. The lowest BCUT2D eigenvalue weighted by Gasteiger charge is -2.27. The molecule has 0 spiro atoms. The van der Waals surface area contributed by atoms with Crippen LogP contribution in [0.2, 0.25) is 0 Å². The van der Waals surface area contributed by atoms with Crippen LogP contribution in [-0.4, -0.2) is 78.1 Å². The average Bonchev–Trinajstić information content (AvgIpc) is 3.08. The number of nitrogens with zero attached hydrogens (tertiary/aromatic N) is 4. The lowest BCUT2D eigenvalue weighted by molar-refractivity contribution is -0.132. The normalized spacial score (nSPS) is 20.4. The number of carbonyl (C=O) groups is 1. The van der Waals surface area contributed by atoms with Crippen LogP contribution in [0, 0.1) is 0 Å². The van der Waals surface area contributed by atoms with E-state index in [1.165, 1.54) is 0 Å². The fourth-order valence-electron chi connectivity index (χ4n) is 2.68. The number of amides is 1. The van der Waals surface area contributed by atoms with E-state index in [1.54, 1.807) is 15.8 Å². The van der Waals surface area contributed by atoms with E-state index >= 15 is 0 Å². The molecule has 1 unspecified atom stereocenters. The minimum Gasteiger partial charge on any atom is -0.340 e. The highest BCUT2D eigenvalue weighted by molar-refractivity contribution is 7.91. The van der Waals surface area contributed by atoms with E-state index in [0.717, 1.165) is 0 Å². The standard InChI is InChI=1S/C14H24N4O3S/c1-3-17(8-9-18-7-4-6-15-18)14(19)11-16(2)13-5-10-22(20,21)12-13/h4,6-7,13H,3,5,8-12H2,1-2H3. The largest absolute Gasteiger partial charge is 0.340 e. The summed E-state index contributed by atoms with van der Waals surface area (Å²) in [5, 5.41) is 4.12. The highest BCUT2D eigenvalue weighted by atomic mass is 32.2. The number of likely N-dealkylation sites (N-methyl/N-ethyl adjacent to an activating group) is 2. The molecule has 0 radical (unpaired) electrons. The number of aromatic nitrogens is 2. The molecule has 1 atom stereocenters. The lowest BCUT2D eigenvalue weighted by Crippen LogP contribution is -2.44. The molecule has 1 aromatic heterocycles. The van der Waals surface area contributed by atoms with E-state index in [-0.39, 0.29) is 30.0 Å². The molecule has 0 aliphatic carbocycles. The Bertz CT molecular complexity index is 585. The summed E-state index contributed by atoms with van der Waals surface area (Å²) < 4.78 is 24.8. The van der Waals surface area contributed by atoms with Crippen molar-refractivity contribution in [2.45, 2.75) is 25.9 Å². The van der Waals surface area contributed by atoms with Crippen molar-refractivity contribution in [2.75, 3.05) is 38.2 Å². The van der Waals surface area contributed by atoms with Crippen LogP contribution in [0.25, 0.3) is 0 Å². The molecule has 124 valence electrons. The Morgan fingerprint density at radius 3 is 2.77 bits per heavy atom. The van der Waals surface area contributed by atoms with E-state index < -0.39 is 9.84 Å². The predicted molar refractivity (Wildman–Crippen MR) is 84.2 cm³/mol. The summed E-state index contributed by atoms with van der Waals surface area (Å²) in [6, 6.07) is 1.81. The van der Waals surface area contributed by atoms with Gasteiger partial charge in [0.25, 0.3) is 0 Å². The smallest absolute Gasteiger partial charge is 0.236 e. The minimum absolute atomic E-state index is 0.0291. The number of hydrogen-bond donors (Lipinski definition) is 0. The van der Waals surface area contributed by atoms with Crippen molar-refractivity contribution in [3.05, 3.63) is 18.5 Å². The van der Waals surface area contributed by atoms with E-state index in [1.807, 2.05) is 31.1 Å². The maximum absolute atomic E-state index is 12.4. The van der Waals surface area contributed by atoms with E-state index in [4.69, 9.17) is 0 Å². The quantitative estimate of drug-likeness (QED) is 0.696. The topological polar surface area (TPSA) is 75.5 Å². The number of hydrogen-bond acceptors (Lipinski definition) is 5. The van der Waals surface area contributed by atoms with Crippen LogP contribution in [-0.2, 0) is 21.2 Å². The number of rotatable bonds is 7. The second-order valence-electron chi connectivity index (χ2n) is 5.71. The Balaban J connectivity index is 1.83. The van der Waals surface area contributed by atoms with Gasteiger partial charge < -0.3 is 4.90 Å². The third kappa shape index (κ3) is 4.54. The molecule has 22 heavy (non-hydrogen) atoms. The van der Waals surface area contributed by atoms with Gasteiger partial charge in [-0.15, -0.1) is 0 Å². The second-order valence-corrected chi connectivity index (χ2v) is 7.94. The zero-order valence-corrected chi connectivity index (χ0v) is 14.0. The molecule has 1 aromatic rings. The maximum Gasteiger partial charge on any atom is 0.236 e. The molecule has 0 bridgehead atoms. The van der Waals surface area contributed by atoms with E-state index in [2.05, 4.69) is 5.10 Å². The molecule has 1 aliphatic rings. The second kappa shape index (κ2) is 7.23. The fraction of sp³-hybridized carbons (Fsp3) is 0.714. The first-order valence-corrected chi connectivity index (χ1v) is 9.39. The van der Waals surface area contributed by atoms with Crippen LogP contribution in [0.5, 0.6) is 0 Å². The molecule has 1 saturated heterocycles. The summed E-state index contributed by atoms with van der Waals surface area (Å²) in [7, 11) is -1.10. The van der Waals surface area contributed by atoms with Gasteiger partial charge in [-0.25, -0.2) is 8.42 Å². The van der Waals surface area contributed by atoms with Crippen molar-refractivity contribution in [1.82, 2.24) is 19.6 Å². The molecule has 1 amide bonds.